The van der Waals surface area contributed by atoms with E-state index in [1.807, 2.05) is 41.8 Å². The highest BCUT2D eigenvalue weighted by Gasteiger charge is 2.16. The van der Waals surface area contributed by atoms with Gasteiger partial charge in [-0.15, -0.1) is 11.3 Å². The number of pyridine rings is 1. The van der Waals surface area contributed by atoms with Crippen molar-refractivity contribution in [3.63, 3.8) is 0 Å². The monoisotopic (exact) mass is 382 g/mol. The fourth-order valence-electron chi connectivity index (χ4n) is 2.87. The number of nitrogens with zero attached hydrogens (tertiary/aromatic N) is 3. The van der Waals surface area contributed by atoms with Crippen LogP contribution in [0.15, 0.2) is 78.4 Å². The van der Waals surface area contributed by atoms with Gasteiger partial charge in [0.1, 0.15) is 0 Å². The molecular formula is C22H14N4OS. The van der Waals surface area contributed by atoms with Gasteiger partial charge in [0.05, 0.1) is 17.3 Å². The lowest BCUT2D eigenvalue weighted by Gasteiger charge is -2.10. The van der Waals surface area contributed by atoms with Crippen LogP contribution in [0.5, 0.6) is 0 Å². The van der Waals surface area contributed by atoms with Gasteiger partial charge in [-0.25, -0.2) is 4.98 Å². The summed E-state index contributed by atoms with van der Waals surface area (Å²) in [4.78, 5) is 21.5. The highest BCUT2D eigenvalue weighted by molar-refractivity contribution is 7.14. The third-order valence-corrected chi connectivity index (χ3v) is 4.95. The second-order valence-corrected chi connectivity index (χ2v) is 6.79. The molecular weight excluding hydrogens is 368 g/mol. The number of amides is 1. The molecule has 0 saturated carbocycles. The van der Waals surface area contributed by atoms with E-state index in [1.54, 1.807) is 36.7 Å². The second-order valence-electron chi connectivity index (χ2n) is 5.94. The third kappa shape index (κ3) is 3.52. The minimum absolute atomic E-state index is 0.268. The van der Waals surface area contributed by atoms with E-state index in [1.165, 1.54) is 11.3 Å². The first kappa shape index (κ1) is 17.6. The first-order valence-electron chi connectivity index (χ1n) is 8.52. The van der Waals surface area contributed by atoms with Crippen molar-refractivity contribution in [2.24, 2.45) is 0 Å². The first-order chi connectivity index (χ1) is 13.8. The van der Waals surface area contributed by atoms with Crippen LogP contribution in [0.1, 0.15) is 15.9 Å². The summed E-state index contributed by atoms with van der Waals surface area (Å²) in [7, 11) is 0. The van der Waals surface area contributed by atoms with Gasteiger partial charge < -0.3 is 0 Å². The average molecular weight is 382 g/mol. The highest BCUT2D eigenvalue weighted by Crippen LogP contribution is 2.29. The quantitative estimate of drug-likeness (QED) is 0.539. The summed E-state index contributed by atoms with van der Waals surface area (Å²) < 4.78 is 0. The fraction of sp³-hybridized carbons (Fsp3) is 0. The number of carbonyl (C=O) groups excluding carboxylic acids is 1. The molecule has 4 rings (SSSR count). The number of aromatic nitrogens is 2. The topological polar surface area (TPSA) is 78.7 Å². The van der Waals surface area contributed by atoms with Crippen LogP contribution in [0.25, 0.3) is 22.4 Å². The summed E-state index contributed by atoms with van der Waals surface area (Å²) in [6.45, 7) is 0. The van der Waals surface area contributed by atoms with Gasteiger partial charge in [-0.05, 0) is 29.8 Å². The lowest BCUT2D eigenvalue weighted by Crippen LogP contribution is -2.13. The maximum atomic E-state index is 12.9. The summed E-state index contributed by atoms with van der Waals surface area (Å²) in [6, 6.07) is 20.4. The smallest absolute Gasteiger partial charge is 0.258 e. The third-order valence-electron chi connectivity index (χ3n) is 4.19. The summed E-state index contributed by atoms with van der Waals surface area (Å²) in [5.41, 5.74) is 4.10. The number of nitrogens with one attached hydrogen (secondary N) is 1. The summed E-state index contributed by atoms with van der Waals surface area (Å²) in [5, 5.41) is 14.6. The van der Waals surface area contributed by atoms with E-state index < -0.39 is 0 Å². The maximum Gasteiger partial charge on any atom is 0.258 e. The number of hydrogen-bond donors (Lipinski definition) is 1. The van der Waals surface area contributed by atoms with E-state index in [9.17, 15) is 10.1 Å². The zero-order valence-electron chi connectivity index (χ0n) is 14.7. The number of rotatable bonds is 4. The standard InChI is InChI=1S/C22H14N4OS/c23-12-15-6-1-2-8-17(15)18-9-3-4-10-19(18)21(27)26-22-25-20(14-28-22)16-7-5-11-24-13-16/h1-11,13-14H,(H,25,26,27). The van der Waals surface area contributed by atoms with Crippen LogP contribution in [0.3, 0.4) is 0 Å². The molecule has 0 unspecified atom stereocenters. The molecule has 2 aromatic carbocycles. The molecule has 4 aromatic rings. The molecule has 1 N–H and O–H groups in total. The molecule has 5 nitrogen and oxygen atoms in total. The molecule has 2 aromatic heterocycles. The van der Waals surface area contributed by atoms with Crippen LogP contribution in [0.2, 0.25) is 0 Å². The molecule has 0 aliphatic heterocycles. The number of anilines is 1. The van der Waals surface area contributed by atoms with Crippen LogP contribution >= 0.6 is 11.3 Å². The van der Waals surface area contributed by atoms with Crippen molar-refractivity contribution in [1.82, 2.24) is 9.97 Å². The molecule has 2 heterocycles. The Kier molecular flexibility index (Phi) is 4.91. The summed E-state index contributed by atoms with van der Waals surface area (Å²) in [6.07, 6.45) is 3.43. The number of benzene rings is 2. The van der Waals surface area contributed by atoms with Crippen molar-refractivity contribution < 1.29 is 4.79 Å². The lowest BCUT2D eigenvalue weighted by atomic mass is 9.95. The first-order valence-corrected chi connectivity index (χ1v) is 9.40. The second kappa shape index (κ2) is 7.82. The molecule has 6 heteroatoms. The average Bonchev–Trinajstić information content (AvgIpc) is 3.23. The molecule has 0 radical (unpaired) electrons. The van der Waals surface area contributed by atoms with Gasteiger partial charge in [-0.3, -0.25) is 15.1 Å². The molecule has 0 fully saturated rings. The van der Waals surface area contributed by atoms with Crippen molar-refractivity contribution in [3.8, 4) is 28.5 Å². The van der Waals surface area contributed by atoms with Crippen molar-refractivity contribution in [2.45, 2.75) is 0 Å². The molecule has 1 amide bonds. The number of thiazole rings is 1. The summed E-state index contributed by atoms with van der Waals surface area (Å²) in [5.74, 6) is -0.268. The van der Waals surface area contributed by atoms with Crippen molar-refractivity contribution in [2.75, 3.05) is 5.32 Å². The summed E-state index contributed by atoms with van der Waals surface area (Å²) >= 11 is 1.35. The van der Waals surface area contributed by atoms with Gasteiger partial charge in [0, 0.05) is 34.5 Å². The Hall–Kier alpha value is -3.82. The van der Waals surface area contributed by atoms with E-state index in [0.29, 0.717) is 21.8 Å². The molecule has 0 spiro atoms. The minimum atomic E-state index is -0.268. The molecule has 0 saturated heterocycles. The van der Waals surface area contributed by atoms with Crippen LogP contribution in [-0.4, -0.2) is 15.9 Å². The maximum absolute atomic E-state index is 12.9. The van der Waals surface area contributed by atoms with Gasteiger partial charge in [-0.1, -0.05) is 36.4 Å². The Morgan fingerprint density at radius 1 is 1.00 bits per heavy atom. The SMILES string of the molecule is N#Cc1ccccc1-c1ccccc1C(=O)Nc1nc(-c2cccnc2)cs1. The van der Waals surface area contributed by atoms with Crippen LogP contribution in [-0.2, 0) is 0 Å². The molecule has 0 aliphatic rings. The van der Waals surface area contributed by atoms with Gasteiger partial charge >= 0.3 is 0 Å². The lowest BCUT2D eigenvalue weighted by molar-refractivity contribution is 0.102. The molecule has 0 bridgehead atoms. The van der Waals surface area contributed by atoms with Crippen LogP contribution < -0.4 is 5.32 Å². The van der Waals surface area contributed by atoms with Crippen LogP contribution in [0.4, 0.5) is 5.13 Å². The van der Waals surface area contributed by atoms with Crippen molar-refractivity contribution in [1.29, 1.82) is 5.26 Å². The Labute approximate surface area is 166 Å². The minimum Gasteiger partial charge on any atom is -0.298 e. The zero-order chi connectivity index (χ0) is 19.3. The van der Waals surface area contributed by atoms with Gasteiger partial charge in [0.25, 0.3) is 5.91 Å². The van der Waals surface area contributed by atoms with Crippen LogP contribution in [0, 0.1) is 11.3 Å². The molecule has 0 aliphatic carbocycles. The van der Waals surface area contributed by atoms with E-state index in [4.69, 9.17) is 0 Å². The van der Waals surface area contributed by atoms with Crippen molar-refractivity contribution >= 4 is 22.4 Å². The highest BCUT2D eigenvalue weighted by atomic mass is 32.1. The molecule has 0 atom stereocenters. The van der Waals surface area contributed by atoms with Crippen molar-refractivity contribution in [3.05, 3.63) is 89.6 Å². The Balaban J connectivity index is 1.64. The predicted molar refractivity (Wildman–Crippen MR) is 110 cm³/mol. The number of hydrogen-bond acceptors (Lipinski definition) is 5. The normalized spacial score (nSPS) is 10.2. The van der Waals surface area contributed by atoms with Gasteiger partial charge in [0.2, 0.25) is 0 Å². The number of nitriles is 1. The number of carbonyl (C=O) groups is 1. The van der Waals surface area contributed by atoms with E-state index >= 15 is 0 Å². The zero-order valence-corrected chi connectivity index (χ0v) is 15.5. The van der Waals surface area contributed by atoms with E-state index in [0.717, 1.165) is 16.8 Å². The largest absolute Gasteiger partial charge is 0.298 e. The Morgan fingerprint density at radius 2 is 1.79 bits per heavy atom. The van der Waals surface area contributed by atoms with E-state index in [2.05, 4.69) is 21.4 Å². The molecule has 28 heavy (non-hydrogen) atoms. The van der Waals surface area contributed by atoms with E-state index in [-0.39, 0.29) is 5.91 Å². The molecule has 134 valence electrons. The fourth-order valence-corrected chi connectivity index (χ4v) is 3.59. The Morgan fingerprint density at radius 3 is 2.57 bits per heavy atom. The van der Waals surface area contributed by atoms with Gasteiger partial charge in [0.15, 0.2) is 5.13 Å². The van der Waals surface area contributed by atoms with Gasteiger partial charge in [-0.2, -0.15) is 5.26 Å². The predicted octanol–water partition coefficient (Wildman–Crippen LogP) is 5.00. The Bertz CT molecular complexity index is 1180.